The van der Waals surface area contributed by atoms with Crippen LogP contribution in [0.25, 0.3) is 88.4 Å². The van der Waals surface area contributed by atoms with Gasteiger partial charge < -0.3 is 9.13 Å². The maximum atomic E-state index is 14.3. The lowest BCUT2D eigenvalue weighted by atomic mass is 9.96. The molecule has 2 heterocycles. The highest BCUT2D eigenvalue weighted by Crippen LogP contribution is 2.44. The van der Waals surface area contributed by atoms with Gasteiger partial charge in [0, 0.05) is 27.1 Å². The van der Waals surface area contributed by atoms with Gasteiger partial charge in [-0.3, -0.25) is 0 Å². The molecule has 0 aliphatic heterocycles. The van der Waals surface area contributed by atoms with E-state index in [1.807, 2.05) is 94.1 Å². The first-order valence-electron chi connectivity index (χ1n) is 19.9. The van der Waals surface area contributed by atoms with Crippen LogP contribution in [0.2, 0.25) is 0 Å². The van der Waals surface area contributed by atoms with Crippen molar-refractivity contribution < 1.29 is 13.2 Å². The van der Waals surface area contributed by atoms with Gasteiger partial charge in [-0.05, 0) is 119 Å². The average molecular weight is 830 g/mol. The fourth-order valence-electron chi connectivity index (χ4n) is 8.86. The summed E-state index contributed by atoms with van der Waals surface area (Å²) in [7, 11) is 0. The summed E-state index contributed by atoms with van der Waals surface area (Å²) in [6, 6.07) is 56.5. The third-order valence-electron chi connectivity index (χ3n) is 11.6. The van der Waals surface area contributed by atoms with Crippen molar-refractivity contribution in [2.75, 3.05) is 0 Å². The lowest BCUT2D eigenvalue weighted by Gasteiger charge is -2.20. The van der Waals surface area contributed by atoms with Crippen molar-refractivity contribution in [3.8, 4) is 75.1 Å². The molecule has 0 spiro atoms. The van der Waals surface area contributed by atoms with Crippen molar-refractivity contribution in [1.82, 2.24) is 9.13 Å². The zero-order chi connectivity index (χ0) is 44.3. The molecular formula is C54H26F3N7. The van der Waals surface area contributed by atoms with Crippen molar-refractivity contribution in [1.29, 1.82) is 26.3 Å². The van der Waals surface area contributed by atoms with Crippen LogP contribution in [0.3, 0.4) is 0 Å². The smallest absolute Gasteiger partial charge is 0.308 e. The molecule has 0 aliphatic rings. The van der Waals surface area contributed by atoms with Gasteiger partial charge in [-0.2, -0.15) is 39.5 Å². The van der Waals surface area contributed by atoms with Gasteiger partial charge in [-0.25, -0.2) is 0 Å². The van der Waals surface area contributed by atoms with E-state index in [9.17, 15) is 39.5 Å². The number of nitriles is 5. The first kappa shape index (κ1) is 38.8. The lowest BCUT2D eigenvalue weighted by Crippen LogP contribution is -2.07. The van der Waals surface area contributed by atoms with Crippen molar-refractivity contribution in [2.45, 2.75) is 6.18 Å². The summed E-state index contributed by atoms with van der Waals surface area (Å²) in [5.74, 6) is 0. The summed E-state index contributed by atoms with van der Waals surface area (Å²) >= 11 is 0. The summed E-state index contributed by atoms with van der Waals surface area (Å²) in [6.07, 6.45) is -4.63. The van der Waals surface area contributed by atoms with Crippen LogP contribution in [0.15, 0.2) is 158 Å². The van der Waals surface area contributed by atoms with E-state index in [1.54, 1.807) is 42.5 Å². The number of para-hydroxylation sites is 2. The van der Waals surface area contributed by atoms with E-state index >= 15 is 0 Å². The fourth-order valence-corrected chi connectivity index (χ4v) is 8.86. The van der Waals surface area contributed by atoms with E-state index in [-0.39, 0.29) is 11.1 Å². The van der Waals surface area contributed by atoms with Gasteiger partial charge in [0.2, 0.25) is 0 Å². The molecule has 7 nitrogen and oxygen atoms in total. The third-order valence-corrected chi connectivity index (χ3v) is 11.6. The molecule has 0 saturated heterocycles. The molecular weight excluding hydrogens is 804 g/mol. The Morgan fingerprint density at radius 1 is 0.375 bits per heavy atom. The predicted octanol–water partition coefficient (Wildman–Crippen LogP) is 13.3. The average Bonchev–Trinajstić information content (AvgIpc) is 3.84. The summed E-state index contributed by atoms with van der Waals surface area (Å²) in [6.45, 7) is 0. The molecule has 0 amide bonds. The number of hydrogen-bond donors (Lipinski definition) is 0. The second kappa shape index (κ2) is 14.9. The number of aromatic nitrogens is 2. The second-order valence-corrected chi connectivity index (χ2v) is 15.3. The second-order valence-electron chi connectivity index (χ2n) is 15.3. The number of halogens is 3. The third kappa shape index (κ3) is 6.26. The van der Waals surface area contributed by atoms with Gasteiger partial charge >= 0.3 is 6.18 Å². The minimum atomic E-state index is -4.63. The van der Waals surface area contributed by atoms with Crippen molar-refractivity contribution in [3.05, 3.63) is 191 Å². The Labute approximate surface area is 363 Å². The zero-order valence-corrected chi connectivity index (χ0v) is 33.3. The first-order valence-corrected chi connectivity index (χ1v) is 19.9. The molecule has 0 atom stereocenters. The van der Waals surface area contributed by atoms with Crippen LogP contribution in [-0.4, -0.2) is 9.13 Å². The van der Waals surface area contributed by atoms with Crippen LogP contribution in [0, 0.1) is 56.7 Å². The number of rotatable bonds is 5. The number of fused-ring (bicyclic) bond motifs is 6. The molecule has 10 aromatic rings. The van der Waals surface area contributed by atoms with Gasteiger partial charge in [0.05, 0.1) is 85.5 Å². The Morgan fingerprint density at radius 2 is 0.859 bits per heavy atom. The van der Waals surface area contributed by atoms with E-state index in [4.69, 9.17) is 0 Å². The Balaban J connectivity index is 1.29. The monoisotopic (exact) mass is 829 g/mol. The normalized spacial score (nSPS) is 11.3. The minimum Gasteiger partial charge on any atom is -0.308 e. The van der Waals surface area contributed by atoms with Gasteiger partial charge in [-0.1, -0.05) is 66.7 Å². The first-order chi connectivity index (χ1) is 31.1. The molecule has 0 unspecified atom stereocenters. The van der Waals surface area contributed by atoms with Crippen LogP contribution in [-0.2, 0) is 6.18 Å². The molecule has 0 aliphatic carbocycles. The lowest BCUT2D eigenvalue weighted by molar-refractivity contribution is -0.137. The van der Waals surface area contributed by atoms with Gasteiger partial charge in [0.25, 0.3) is 0 Å². The SMILES string of the molecule is N#Cc1cc(C#N)cc(-c2ccc3c(c2)c2ccccc2n3-c2ccc(-c3cccc(C(F)(F)F)c3)c(-n3c4ccccc4c4cc(-c5cc(C#N)cc(C#N)c5)ccc43)c2C#N)c1. The summed E-state index contributed by atoms with van der Waals surface area (Å²) in [5.41, 5.74) is 8.03. The molecule has 0 bridgehead atoms. The largest absolute Gasteiger partial charge is 0.416 e. The molecule has 0 fully saturated rings. The Morgan fingerprint density at radius 3 is 1.36 bits per heavy atom. The summed E-state index contributed by atoms with van der Waals surface area (Å²) in [4.78, 5) is 0. The van der Waals surface area contributed by atoms with Gasteiger partial charge in [-0.15, -0.1) is 0 Å². The summed E-state index contributed by atoms with van der Waals surface area (Å²) in [5, 5.41) is 53.6. The molecule has 64 heavy (non-hydrogen) atoms. The number of alkyl halides is 3. The van der Waals surface area contributed by atoms with Crippen molar-refractivity contribution in [2.24, 2.45) is 0 Å². The molecule has 0 saturated carbocycles. The van der Waals surface area contributed by atoms with E-state index in [1.165, 1.54) is 18.2 Å². The maximum Gasteiger partial charge on any atom is 0.416 e. The molecule has 10 heteroatoms. The molecule has 8 aromatic carbocycles. The van der Waals surface area contributed by atoms with Crippen LogP contribution in [0.1, 0.15) is 33.4 Å². The van der Waals surface area contributed by atoms with E-state index in [0.717, 1.165) is 55.8 Å². The molecule has 298 valence electrons. The minimum absolute atomic E-state index is 0.203. The topological polar surface area (TPSA) is 129 Å². The number of hydrogen-bond acceptors (Lipinski definition) is 5. The van der Waals surface area contributed by atoms with Gasteiger partial charge in [0.15, 0.2) is 0 Å². The Bertz CT molecular complexity index is 3790. The molecule has 10 rings (SSSR count). The summed E-state index contributed by atoms with van der Waals surface area (Å²) < 4.78 is 46.9. The standard InChI is InChI=1S/C54H26F3N7/c55-54(56,57)41-7-5-6-38(24-41)42-14-17-52(63-48-10-3-1-8-43(48)45-25-36(12-15-50(45)63)39-20-32(27-58)18-33(21-39)28-59)47(31-62)53(42)64-49-11-4-2-9-44(49)46-26-37(13-16-51(46)64)40-22-34(29-60)19-35(23-40)30-61/h1-26H. The Kier molecular flexibility index (Phi) is 9.06. The van der Waals surface area contributed by atoms with E-state index < -0.39 is 11.7 Å². The van der Waals surface area contributed by atoms with Crippen molar-refractivity contribution >= 4 is 43.6 Å². The predicted molar refractivity (Wildman–Crippen MR) is 240 cm³/mol. The zero-order valence-electron chi connectivity index (χ0n) is 33.3. The quantitative estimate of drug-likeness (QED) is 0.171. The van der Waals surface area contributed by atoms with Crippen LogP contribution < -0.4 is 0 Å². The van der Waals surface area contributed by atoms with E-state index in [0.29, 0.717) is 61.4 Å². The van der Waals surface area contributed by atoms with Gasteiger partial charge in [0.1, 0.15) is 11.6 Å². The number of nitrogens with zero attached hydrogens (tertiary/aromatic N) is 7. The molecule has 2 aromatic heterocycles. The number of benzene rings is 8. The van der Waals surface area contributed by atoms with Crippen LogP contribution in [0.4, 0.5) is 13.2 Å². The van der Waals surface area contributed by atoms with Crippen molar-refractivity contribution in [3.63, 3.8) is 0 Å². The molecule has 0 N–H and O–H groups in total. The van der Waals surface area contributed by atoms with Crippen LogP contribution in [0.5, 0.6) is 0 Å². The highest BCUT2D eigenvalue weighted by atomic mass is 19.4. The molecule has 0 radical (unpaired) electrons. The van der Waals surface area contributed by atoms with E-state index in [2.05, 4.69) is 30.3 Å². The highest BCUT2D eigenvalue weighted by molar-refractivity contribution is 6.13. The van der Waals surface area contributed by atoms with Crippen LogP contribution >= 0.6 is 0 Å². The Hall–Kier alpha value is -9.40. The fraction of sp³-hybridized carbons (Fsp3) is 0.0185. The maximum absolute atomic E-state index is 14.3. The highest BCUT2D eigenvalue weighted by Gasteiger charge is 2.31.